The second-order valence-corrected chi connectivity index (χ2v) is 7.25. The molecule has 2 atom stereocenters. The summed E-state index contributed by atoms with van der Waals surface area (Å²) in [5.41, 5.74) is 4.03. The smallest absolute Gasteiger partial charge is 0.228 e. The van der Waals surface area contributed by atoms with Crippen molar-refractivity contribution in [3.8, 4) is 0 Å². The van der Waals surface area contributed by atoms with Crippen LogP contribution in [0, 0.1) is 11.8 Å². The zero-order valence-electron chi connectivity index (χ0n) is 15.6. The fourth-order valence-electron chi connectivity index (χ4n) is 3.02. The van der Waals surface area contributed by atoms with Gasteiger partial charge in [0.2, 0.25) is 11.8 Å². The fraction of sp³-hybridized carbons (Fsp3) is 0.364. The summed E-state index contributed by atoms with van der Waals surface area (Å²) in [7, 11) is 0. The summed E-state index contributed by atoms with van der Waals surface area (Å²) in [6.45, 7) is 6.37. The Morgan fingerprint density at radius 3 is 1.77 bits per heavy atom. The van der Waals surface area contributed by atoms with Gasteiger partial charge in [-0.1, -0.05) is 45.0 Å². The monoisotopic (exact) mass is 350 g/mol. The van der Waals surface area contributed by atoms with Crippen molar-refractivity contribution < 1.29 is 9.59 Å². The van der Waals surface area contributed by atoms with Crippen LogP contribution in [0.3, 0.4) is 0 Å². The van der Waals surface area contributed by atoms with E-state index in [-0.39, 0.29) is 23.7 Å². The van der Waals surface area contributed by atoms with E-state index >= 15 is 0 Å². The highest BCUT2D eigenvalue weighted by Gasteiger charge is 2.48. The van der Waals surface area contributed by atoms with E-state index in [0.717, 1.165) is 17.8 Å². The molecular weight excluding hydrogens is 324 g/mol. The molecule has 0 radical (unpaired) electrons. The van der Waals surface area contributed by atoms with Crippen LogP contribution in [0.5, 0.6) is 0 Å². The molecule has 1 fully saturated rings. The predicted molar refractivity (Wildman–Crippen MR) is 105 cm³/mol. The lowest BCUT2D eigenvalue weighted by Gasteiger charge is -2.09. The molecular formula is C22H26N2O2. The van der Waals surface area contributed by atoms with Gasteiger partial charge in [-0.05, 0) is 54.2 Å². The van der Waals surface area contributed by atoms with Crippen LogP contribution < -0.4 is 10.6 Å². The summed E-state index contributed by atoms with van der Waals surface area (Å²) in [5.74, 6) is -0.179. The molecule has 136 valence electrons. The van der Waals surface area contributed by atoms with Gasteiger partial charge in [0.1, 0.15) is 0 Å². The molecule has 0 bridgehead atoms. The number of amides is 2. The Hall–Kier alpha value is -2.62. The van der Waals surface area contributed by atoms with E-state index in [0.29, 0.717) is 12.3 Å². The molecule has 0 aliphatic heterocycles. The van der Waals surface area contributed by atoms with Gasteiger partial charge in [0, 0.05) is 11.4 Å². The molecule has 0 heterocycles. The summed E-state index contributed by atoms with van der Waals surface area (Å²) in [4.78, 5) is 24.7. The molecule has 0 saturated heterocycles. The number of hydrogen-bond acceptors (Lipinski definition) is 2. The Balaban J connectivity index is 1.52. The van der Waals surface area contributed by atoms with Gasteiger partial charge in [-0.25, -0.2) is 0 Å². The quantitative estimate of drug-likeness (QED) is 0.801. The number of benzene rings is 2. The molecule has 2 amide bonds. The number of aryl methyl sites for hydroxylation is 1. The molecule has 2 aromatic rings. The van der Waals surface area contributed by atoms with E-state index < -0.39 is 0 Å². The molecule has 4 heteroatoms. The SMILES string of the molecule is CCc1ccc(NC(=O)C2CC2C(=O)Nc2ccc(C(C)C)cc2)cc1. The van der Waals surface area contributed by atoms with Crippen LogP contribution in [-0.2, 0) is 16.0 Å². The third-order valence-electron chi connectivity index (χ3n) is 4.94. The van der Waals surface area contributed by atoms with Crippen molar-refractivity contribution in [2.45, 2.75) is 39.5 Å². The van der Waals surface area contributed by atoms with E-state index in [4.69, 9.17) is 0 Å². The number of nitrogens with one attached hydrogen (secondary N) is 2. The lowest BCUT2D eigenvalue weighted by Crippen LogP contribution is -2.20. The van der Waals surface area contributed by atoms with Crippen LogP contribution in [0.1, 0.15) is 44.2 Å². The first-order valence-electron chi connectivity index (χ1n) is 9.28. The number of carbonyl (C=O) groups is 2. The Labute approximate surface area is 155 Å². The lowest BCUT2D eigenvalue weighted by molar-refractivity contribution is -0.122. The average Bonchev–Trinajstić information content (AvgIpc) is 3.44. The second-order valence-electron chi connectivity index (χ2n) is 7.25. The van der Waals surface area contributed by atoms with Gasteiger partial charge in [0.05, 0.1) is 11.8 Å². The summed E-state index contributed by atoms with van der Waals surface area (Å²) in [5, 5.41) is 5.82. The Bertz CT molecular complexity index is 779. The molecule has 3 rings (SSSR count). The molecule has 2 aromatic carbocycles. The number of hydrogen-bond donors (Lipinski definition) is 2. The summed E-state index contributed by atoms with van der Waals surface area (Å²) in [6.07, 6.45) is 1.58. The number of anilines is 2. The molecule has 4 nitrogen and oxygen atoms in total. The Morgan fingerprint density at radius 1 is 0.885 bits per heavy atom. The second kappa shape index (κ2) is 7.73. The average molecular weight is 350 g/mol. The van der Waals surface area contributed by atoms with Crippen LogP contribution in [0.15, 0.2) is 48.5 Å². The van der Waals surface area contributed by atoms with E-state index in [1.54, 1.807) is 0 Å². The number of carbonyl (C=O) groups excluding carboxylic acids is 2. The van der Waals surface area contributed by atoms with Crippen LogP contribution in [0.2, 0.25) is 0 Å². The molecule has 2 unspecified atom stereocenters. The van der Waals surface area contributed by atoms with Crippen molar-refractivity contribution in [1.29, 1.82) is 0 Å². The number of rotatable bonds is 6. The zero-order chi connectivity index (χ0) is 18.7. The standard InChI is InChI=1S/C22H26N2O2/c1-4-15-5-9-17(10-6-15)23-21(25)19-13-20(19)22(26)24-18-11-7-16(8-12-18)14(2)3/h5-12,14,19-20H,4,13H2,1-3H3,(H,23,25)(H,24,26). The minimum atomic E-state index is -0.241. The van der Waals surface area contributed by atoms with Gasteiger partial charge in [0.25, 0.3) is 0 Å². The van der Waals surface area contributed by atoms with Crippen molar-refractivity contribution in [3.05, 3.63) is 59.7 Å². The zero-order valence-corrected chi connectivity index (χ0v) is 15.6. The fourth-order valence-corrected chi connectivity index (χ4v) is 3.02. The van der Waals surface area contributed by atoms with Gasteiger partial charge in [-0.15, -0.1) is 0 Å². The van der Waals surface area contributed by atoms with Crippen LogP contribution in [-0.4, -0.2) is 11.8 Å². The molecule has 1 aliphatic carbocycles. The van der Waals surface area contributed by atoms with Crippen LogP contribution in [0.25, 0.3) is 0 Å². The van der Waals surface area contributed by atoms with Gasteiger partial charge in [-0.3, -0.25) is 9.59 Å². The van der Waals surface area contributed by atoms with Crippen molar-refractivity contribution in [2.24, 2.45) is 11.8 Å². The van der Waals surface area contributed by atoms with Crippen LogP contribution in [0.4, 0.5) is 11.4 Å². The molecule has 26 heavy (non-hydrogen) atoms. The highest BCUT2D eigenvalue weighted by Crippen LogP contribution is 2.40. The molecule has 1 aliphatic rings. The first-order chi connectivity index (χ1) is 12.5. The molecule has 0 aromatic heterocycles. The van der Waals surface area contributed by atoms with Gasteiger partial charge in [-0.2, -0.15) is 0 Å². The summed E-state index contributed by atoms with van der Waals surface area (Å²) in [6, 6.07) is 15.7. The van der Waals surface area contributed by atoms with E-state index in [1.807, 2.05) is 48.5 Å². The van der Waals surface area contributed by atoms with Crippen molar-refractivity contribution in [2.75, 3.05) is 10.6 Å². The molecule has 1 saturated carbocycles. The highest BCUT2D eigenvalue weighted by atomic mass is 16.2. The summed E-state index contributed by atoms with van der Waals surface area (Å²) < 4.78 is 0. The summed E-state index contributed by atoms with van der Waals surface area (Å²) >= 11 is 0. The van der Waals surface area contributed by atoms with Crippen LogP contribution >= 0.6 is 0 Å². The lowest BCUT2D eigenvalue weighted by atomic mass is 10.0. The van der Waals surface area contributed by atoms with Crippen molar-refractivity contribution in [1.82, 2.24) is 0 Å². The Morgan fingerprint density at radius 2 is 1.35 bits per heavy atom. The van der Waals surface area contributed by atoms with Gasteiger partial charge >= 0.3 is 0 Å². The third-order valence-corrected chi connectivity index (χ3v) is 4.94. The topological polar surface area (TPSA) is 58.2 Å². The third kappa shape index (κ3) is 4.31. The Kier molecular flexibility index (Phi) is 5.40. The largest absolute Gasteiger partial charge is 0.326 e. The van der Waals surface area contributed by atoms with E-state index in [9.17, 15) is 9.59 Å². The maximum Gasteiger partial charge on any atom is 0.228 e. The first kappa shape index (κ1) is 18.2. The molecule has 2 N–H and O–H groups in total. The van der Waals surface area contributed by atoms with Gasteiger partial charge < -0.3 is 10.6 Å². The highest BCUT2D eigenvalue weighted by molar-refractivity contribution is 6.03. The van der Waals surface area contributed by atoms with Crippen molar-refractivity contribution in [3.63, 3.8) is 0 Å². The first-order valence-corrected chi connectivity index (χ1v) is 9.28. The maximum atomic E-state index is 12.4. The molecule has 0 spiro atoms. The van der Waals surface area contributed by atoms with E-state index in [2.05, 4.69) is 31.4 Å². The predicted octanol–water partition coefficient (Wildman–Crippen LogP) is 4.59. The van der Waals surface area contributed by atoms with Gasteiger partial charge in [0.15, 0.2) is 0 Å². The minimum Gasteiger partial charge on any atom is -0.326 e. The minimum absolute atomic E-state index is 0.0791. The van der Waals surface area contributed by atoms with Crippen molar-refractivity contribution >= 4 is 23.2 Å². The normalized spacial score (nSPS) is 18.5. The maximum absolute atomic E-state index is 12.4. The van der Waals surface area contributed by atoms with E-state index in [1.165, 1.54) is 11.1 Å².